The van der Waals surface area contributed by atoms with Crippen LogP contribution in [0.3, 0.4) is 0 Å². The first-order valence-corrected chi connectivity index (χ1v) is 11.5. The van der Waals surface area contributed by atoms with Crippen LogP contribution in [0, 0.1) is 0 Å². The molecule has 0 unspecified atom stereocenters. The van der Waals surface area contributed by atoms with E-state index < -0.39 is 23.5 Å². The molecule has 2 N–H and O–H groups in total. The molecule has 0 saturated heterocycles. The minimum atomic E-state index is -1.32. The van der Waals surface area contributed by atoms with Gasteiger partial charge in [0.25, 0.3) is 5.91 Å². The van der Waals surface area contributed by atoms with Crippen molar-refractivity contribution < 1.29 is 24.2 Å². The third-order valence-electron chi connectivity index (χ3n) is 6.16. The van der Waals surface area contributed by atoms with E-state index in [0.717, 1.165) is 22.3 Å². The van der Waals surface area contributed by atoms with E-state index in [0.29, 0.717) is 5.69 Å². The van der Waals surface area contributed by atoms with Crippen LogP contribution in [0.25, 0.3) is 11.1 Å². The van der Waals surface area contributed by atoms with E-state index in [1.807, 2.05) is 42.5 Å². The molecule has 180 valence electrons. The number of alkyl carbamates (subject to hydrolysis) is 1. The van der Waals surface area contributed by atoms with E-state index in [4.69, 9.17) is 9.84 Å². The van der Waals surface area contributed by atoms with Crippen LogP contribution in [0.2, 0.25) is 0 Å². The number of fused-ring (bicyclic) bond motifs is 3. The van der Waals surface area contributed by atoms with E-state index in [2.05, 4.69) is 17.4 Å². The van der Waals surface area contributed by atoms with Crippen LogP contribution in [-0.4, -0.2) is 41.8 Å². The van der Waals surface area contributed by atoms with Crippen molar-refractivity contribution in [2.75, 3.05) is 18.1 Å². The summed E-state index contributed by atoms with van der Waals surface area (Å²) in [6.45, 7) is 3.26. The standard InChI is InChI=1S/C28H28N2O5/c1-28(2,26(33)30(17-16-25(31)32)19-10-4-3-5-11-19)29-27(34)35-18-24-22-14-8-6-12-20(22)21-13-7-9-15-23(21)24/h3-15,24H,16-18H2,1-2H3,(H,29,34)(H,31,32). The van der Waals surface area contributed by atoms with Crippen molar-refractivity contribution in [1.29, 1.82) is 0 Å². The highest BCUT2D eigenvalue weighted by Gasteiger charge is 2.36. The average molecular weight is 473 g/mol. The van der Waals surface area contributed by atoms with Gasteiger partial charge in [0.15, 0.2) is 0 Å². The number of carboxylic acids is 1. The summed E-state index contributed by atoms with van der Waals surface area (Å²) in [6.07, 6.45) is -0.932. The van der Waals surface area contributed by atoms with Gasteiger partial charge in [0.05, 0.1) is 6.42 Å². The van der Waals surface area contributed by atoms with Gasteiger partial charge >= 0.3 is 12.1 Å². The molecule has 0 fully saturated rings. The van der Waals surface area contributed by atoms with Gasteiger partial charge in [0.2, 0.25) is 0 Å². The number of para-hydroxylation sites is 1. The van der Waals surface area contributed by atoms with Crippen molar-refractivity contribution >= 4 is 23.7 Å². The second-order valence-corrected chi connectivity index (χ2v) is 9.01. The molecule has 0 atom stereocenters. The Balaban J connectivity index is 1.45. The maximum absolute atomic E-state index is 13.4. The first-order valence-electron chi connectivity index (χ1n) is 11.5. The van der Waals surface area contributed by atoms with Crippen LogP contribution in [-0.2, 0) is 14.3 Å². The third-order valence-corrected chi connectivity index (χ3v) is 6.16. The lowest BCUT2D eigenvalue weighted by Crippen LogP contribution is -2.56. The average Bonchev–Trinajstić information content (AvgIpc) is 3.17. The second-order valence-electron chi connectivity index (χ2n) is 9.01. The molecule has 3 aromatic carbocycles. The van der Waals surface area contributed by atoms with Crippen molar-refractivity contribution in [1.82, 2.24) is 5.32 Å². The fraction of sp³-hybridized carbons (Fsp3) is 0.250. The van der Waals surface area contributed by atoms with Gasteiger partial charge in [-0.25, -0.2) is 4.79 Å². The summed E-state index contributed by atoms with van der Waals surface area (Å²) in [4.78, 5) is 38.7. The normalized spacial score (nSPS) is 12.4. The molecule has 0 heterocycles. The minimum absolute atomic E-state index is 0.0199. The fourth-order valence-corrected chi connectivity index (χ4v) is 4.44. The Morgan fingerprint density at radius 3 is 2.00 bits per heavy atom. The van der Waals surface area contributed by atoms with Crippen LogP contribution < -0.4 is 10.2 Å². The largest absolute Gasteiger partial charge is 0.481 e. The Bertz CT molecular complexity index is 1190. The van der Waals surface area contributed by atoms with Crippen molar-refractivity contribution in [2.24, 2.45) is 0 Å². The number of carbonyl (C=O) groups is 3. The lowest BCUT2D eigenvalue weighted by atomic mass is 9.98. The maximum atomic E-state index is 13.4. The van der Waals surface area contributed by atoms with Crippen LogP contribution in [0.1, 0.15) is 37.3 Å². The summed E-state index contributed by atoms with van der Waals surface area (Å²) in [7, 11) is 0. The zero-order valence-electron chi connectivity index (χ0n) is 19.7. The van der Waals surface area contributed by atoms with E-state index in [1.54, 1.807) is 38.1 Å². The molecule has 3 aromatic rings. The second kappa shape index (κ2) is 10.0. The number of nitrogens with one attached hydrogen (secondary N) is 1. The van der Waals surface area contributed by atoms with Crippen molar-refractivity contribution in [2.45, 2.75) is 31.7 Å². The third kappa shape index (κ3) is 5.19. The number of anilines is 1. The number of carbonyl (C=O) groups excluding carboxylic acids is 2. The zero-order valence-corrected chi connectivity index (χ0v) is 19.7. The lowest BCUT2D eigenvalue weighted by molar-refractivity contribution is -0.136. The number of benzene rings is 3. The van der Waals surface area contributed by atoms with Crippen LogP contribution in [0.5, 0.6) is 0 Å². The Morgan fingerprint density at radius 2 is 1.43 bits per heavy atom. The molecule has 0 bridgehead atoms. The quantitative estimate of drug-likeness (QED) is 0.490. The Kier molecular flexibility index (Phi) is 6.87. The van der Waals surface area contributed by atoms with Crippen molar-refractivity contribution in [3.63, 3.8) is 0 Å². The van der Waals surface area contributed by atoms with Gasteiger partial charge in [-0.05, 0) is 48.2 Å². The topological polar surface area (TPSA) is 95.9 Å². The van der Waals surface area contributed by atoms with Gasteiger partial charge in [-0.15, -0.1) is 0 Å². The van der Waals surface area contributed by atoms with E-state index in [1.165, 1.54) is 4.90 Å². The number of hydrogen-bond acceptors (Lipinski definition) is 4. The summed E-state index contributed by atoms with van der Waals surface area (Å²) >= 11 is 0. The van der Waals surface area contributed by atoms with E-state index in [9.17, 15) is 14.4 Å². The molecular formula is C28H28N2O5. The van der Waals surface area contributed by atoms with Gasteiger partial charge in [0, 0.05) is 18.2 Å². The monoisotopic (exact) mass is 472 g/mol. The molecule has 2 amide bonds. The van der Waals surface area contributed by atoms with Gasteiger partial charge in [0.1, 0.15) is 12.1 Å². The fourth-order valence-electron chi connectivity index (χ4n) is 4.44. The molecule has 4 rings (SSSR count). The Morgan fingerprint density at radius 1 is 0.886 bits per heavy atom. The SMILES string of the molecule is CC(C)(NC(=O)OCC1c2ccccc2-c2ccccc21)C(=O)N(CCC(=O)O)c1ccccc1. The molecule has 1 aliphatic carbocycles. The number of carboxylic acid groups (broad SMARTS) is 1. The summed E-state index contributed by atoms with van der Waals surface area (Å²) in [5.74, 6) is -1.54. The Hall–Kier alpha value is -4.13. The number of rotatable bonds is 8. The highest BCUT2D eigenvalue weighted by molar-refractivity contribution is 6.01. The molecule has 0 saturated carbocycles. The highest BCUT2D eigenvalue weighted by Crippen LogP contribution is 2.44. The van der Waals surface area contributed by atoms with Crippen molar-refractivity contribution in [3.8, 4) is 11.1 Å². The first-order chi connectivity index (χ1) is 16.8. The summed E-state index contributed by atoms with van der Waals surface area (Å²) in [6, 6.07) is 24.9. The minimum Gasteiger partial charge on any atom is -0.481 e. The van der Waals surface area contributed by atoms with Gasteiger partial charge in [-0.3, -0.25) is 9.59 Å². The molecule has 0 radical (unpaired) electrons. The molecule has 0 aromatic heterocycles. The van der Waals surface area contributed by atoms with Gasteiger partial charge < -0.3 is 20.1 Å². The molecular weight excluding hydrogens is 444 g/mol. The number of hydrogen-bond donors (Lipinski definition) is 2. The maximum Gasteiger partial charge on any atom is 0.408 e. The lowest BCUT2D eigenvalue weighted by Gasteiger charge is -2.32. The first kappa shape index (κ1) is 24.0. The van der Waals surface area contributed by atoms with Crippen LogP contribution in [0.15, 0.2) is 78.9 Å². The zero-order chi connectivity index (χ0) is 25.0. The summed E-state index contributed by atoms with van der Waals surface area (Å²) < 4.78 is 5.59. The number of aliphatic carboxylic acids is 1. The molecule has 0 aliphatic heterocycles. The highest BCUT2D eigenvalue weighted by atomic mass is 16.5. The molecule has 7 heteroatoms. The number of ether oxygens (including phenoxy) is 1. The number of nitrogens with zero attached hydrogens (tertiary/aromatic N) is 1. The predicted octanol–water partition coefficient (Wildman–Crippen LogP) is 4.81. The van der Waals surface area contributed by atoms with Crippen LogP contribution >= 0.6 is 0 Å². The molecule has 0 spiro atoms. The van der Waals surface area contributed by atoms with E-state index >= 15 is 0 Å². The van der Waals surface area contributed by atoms with Gasteiger partial charge in [-0.1, -0.05) is 66.7 Å². The predicted molar refractivity (Wildman–Crippen MR) is 133 cm³/mol. The molecule has 7 nitrogen and oxygen atoms in total. The van der Waals surface area contributed by atoms with Crippen molar-refractivity contribution in [3.05, 3.63) is 90.0 Å². The molecule has 1 aliphatic rings. The smallest absolute Gasteiger partial charge is 0.408 e. The van der Waals surface area contributed by atoms with Gasteiger partial charge in [-0.2, -0.15) is 0 Å². The van der Waals surface area contributed by atoms with Crippen LogP contribution in [0.4, 0.5) is 10.5 Å². The summed E-state index contributed by atoms with van der Waals surface area (Å²) in [5.41, 5.74) is 3.69. The Labute approximate surface area is 204 Å². The van der Waals surface area contributed by atoms with E-state index in [-0.39, 0.29) is 25.5 Å². The number of amides is 2. The summed E-state index contributed by atoms with van der Waals surface area (Å²) in [5, 5.41) is 11.8. The molecule has 35 heavy (non-hydrogen) atoms.